The molecule has 142 valence electrons. The van der Waals surface area contributed by atoms with Crippen LogP contribution in [0.4, 0.5) is 0 Å². The molecule has 2 saturated heterocycles. The van der Waals surface area contributed by atoms with E-state index >= 15 is 0 Å². The molecule has 11 heteroatoms. The third-order valence-corrected chi connectivity index (χ3v) is 4.22. The van der Waals surface area contributed by atoms with Crippen LogP contribution in [0.25, 0.3) is 0 Å². The van der Waals surface area contributed by atoms with E-state index in [1.54, 1.807) is 0 Å². The first kappa shape index (κ1) is 19.9. The van der Waals surface area contributed by atoms with Gasteiger partial charge in [0, 0.05) is 7.11 Å². The first-order chi connectivity index (χ1) is 11.3. The van der Waals surface area contributed by atoms with Crippen LogP contribution in [-0.4, -0.2) is 117 Å². The van der Waals surface area contributed by atoms with Crippen LogP contribution in [0.5, 0.6) is 0 Å². The lowest BCUT2D eigenvalue weighted by Crippen LogP contribution is -2.64. The third-order valence-electron chi connectivity index (χ3n) is 4.22. The molecule has 0 aliphatic carbocycles. The zero-order valence-electron chi connectivity index (χ0n) is 13.0. The second-order valence-electron chi connectivity index (χ2n) is 5.74. The molecule has 11 nitrogen and oxygen atoms in total. The summed E-state index contributed by atoms with van der Waals surface area (Å²) >= 11 is 0. The fourth-order valence-corrected chi connectivity index (χ4v) is 2.83. The highest BCUT2D eigenvalue weighted by atomic mass is 16.7. The number of hydrogen-bond donors (Lipinski definition) is 7. The minimum absolute atomic E-state index is 0.581. The minimum atomic E-state index is -1.71. The van der Waals surface area contributed by atoms with Crippen molar-refractivity contribution in [1.82, 2.24) is 0 Å². The SMILES string of the molecule is CO[C@H]1[C@@H](O)[C@@H](CO)O[C@H](O[C@H]2[C@H](O)[C@@H](O)[C@@H](O)O[C@@H]2CO)[C@@H]1O. The Morgan fingerprint density at radius 3 is 1.92 bits per heavy atom. The number of ether oxygens (including phenoxy) is 4. The van der Waals surface area contributed by atoms with Crippen molar-refractivity contribution in [2.45, 2.75) is 61.4 Å². The second kappa shape index (κ2) is 8.29. The Bertz CT molecular complexity index is 394. The monoisotopic (exact) mass is 356 g/mol. The van der Waals surface area contributed by atoms with E-state index in [0.717, 1.165) is 0 Å². The van der Waals surface area contributed by atoms with E-state index in [2.05, 4.69) is 0 Å². The lowest BCUT2D eigenvalue weighted by Gasteiger charge is -2.45. The van der Waals surface area contributed by atoms with Crippen molar-refractivity contribution in [3.63, 3.8) is 0 Å². The lowest BCUT2D eigenvalue weighted by atomic mass is 9.97. The van der Waals surface area contributed by atoms with E-state index in [1.807, 2.05) is 0 Å². The van der Waals surface area contributed by atoms with E-state index in [4.69, 9.17) is 18.9 Å². The Labute approximate surface area is 137 Å². The van der Waals surface area contributed by atoms with Crippen LogP contribution in [0.1, 0.15) is 0 Å². The fraction of sp³-hybridized carbons (Fsp3) is 1.00. The van der Waals surface area contributed by atoms with Crippen molar-refractivity contribution in [2.75, 3.05) is 20.3 Å². The number of methoxy groups -OCH3 is 1. The summed E-state index contributed by atoms with van der Waals surface area (Å²) in [5, 5.41) is 67.8. The first-order valence-electron chi connectivity index (χ1n) is 7.46. The summed E-state index contributed by atoms with van der Waals surface area (Å²) in [5.41, 5.74) is 0. The van der Waals surface area contributed by atoms with Gasteiger partial charge in [-0.15, -0.1) is 0 Å². The van der Waals surface area contributed by atoms with Gasteiger partial charge >= 0.3 is 0 Å². The molecule has 0 bridgehead atoms. The van der Waals surface area contributed by atoms with Crippen LogP contribution in [0.15, 0.2) is 0 Å². The molecular weight excluding hydrogens is 332 g/mol. The molecule has 10 atom stereocenters. The van der Waals surface area contributed by atoms with Crippen LogP contribution in [0.2, 0.25) is 0 Å². The molecule has 0 aromatic rings. The van der Waals surface area contributed by atoms with Crippen molar-refractivity contribution in [1.29, 1.82) is 0 Å². The predicted octanol–water partition coefficient (Wildman–Crippen LogP) is -4.74. The maximum atomic E-state index is 10.2. The van der Waals surface area contributed by atoms with Gasteiger partial charge in [-0.25, -0.2) is 0 Å². The number of rotatable bonds is 5. The topological polar surface area (TPSA) is 179 Å². The highest BCUT2D eigenvalue weighted by Crippen LogP contribution is 2.29. The van der Waals surface area contributed by atoms with Gasteiger partial charge in [-0.1, -0.05) is 0 Å². The maximum Gasteiger partial charge on any atom is 0.187 e. The molecule has 2 heterocycles. The van der Waals surface area contributed by atoms with Crippen LogP contribution < -0.4 is 0 Å². The molecule has 0 unspecified atom stereocenters. The van der Waals surface area contributed by atoms with Crippen molar-refractivity contribution in [3.8, 4) is 0 Å². The Balaban J connectivity index is 2.14. The summed E-state index contributed by atoms with van der Waals surface area (Å²) < 4.78 is 20.6. The van der Waals surface area contributed by atoms with E-state index < -0.39 is 74.6 Å². The first-order valence-corrected chi connectivity index (χ1v) is 7.46. The van der Waals surface area contributed by atoms with E-state index in [-0.39, 0.29) is 0 Å². The van der Waals surface area contributed by atoms with Crippen LogP contribution in [0, 0.1) is 0 Å². The third kappa shape index (κ3) is 3.71. The van der Waals surface area contributed by atoms with Crippen LogP contribution >= 0.6 is 0 Å². The zero-order valence-corrected chi connectivity index (χ0v) is 13.0. The summed E-state index contributed by atoms with van der Waals surface area (Å²) in [4.78, 5) is 0. The molecule has 2 rings (SSSR count). The summed E-state index contributed by atoms with van der Waals surface area (Å²) in [7, 11) is 1.24. The molecule has 2 fully saturated rings. The van der Waals surface area contributed by atoms with Crippen LogP contribution in [-0.2, 0) is 18.9 Å². The smallest absolute Gasteiger partial charge is 0.187 e. The normalized spacial score (nSPS) is 50.0. The van der Waals surface area contributed by atoms with Crippen molar-refractivity contribution >= 4 is 0 Å². The Morgan fingerprint density at radius 1 is 0.750 bits per heavy atom. The standard InChI is InChI=1S/C13H24O11/c1-21-11-6(16)4(2-14)23-13(9(11)19)24-10-5(3-15)22-12(20)8(18)7(10)17/h4-20H,2-3H2,1H3/t4-,5-,6+,7-,8-,9-,10-,11+,12+,13-/m1/s1. The molecular formula is C13H24O11. The molecule has 0 radical (unpaired) electrons. The molecule has 2 aliphatic heterocycles. The maximum absolute atomic E-state index is 10.2. The van der Waals surface area contributed by atoms with Crippen molar-refractivity contribution in [3.05, 3.63) is 0 Å². The summed E-state index contributed by atoms with van der Waals surface area (Å²) in [6, 6.07) is 0. The number of aliphatic hydroxyl groups is 7. The van der Waals surface area contributed by atoms with Gasteiger partial charge in [-0.2, -0.15) is 0 Å². The second-order valence-corrected chi connectivity index (χ2v) is 5.74. The van der Waals surface area contributed by atoms with Gasteiger partial charge in [-0.3, -0.25) is 0 Å². The van der Waals surface area contributed by atoms with Crippen molar-refractivity contribution in [2.24, 2.45) is 0 Å². The fourth-order valence-electron chi connectivity index (χ4n) is 2.83. The van der Waals surface area contributed by atoms with Gasteiger partial charge < -0.3 is 54.7 Å². The van der Waals surface area contributed by atoms with Gasteiger partial charge in [0.15, 0.2) is 12.6 Å². The molecule has 7 N–H and O–H groups in total. The minimum Gasteiger partial charge on any atom is -0.394 e. The molecule has 0 saturated carbocycles. The summed E-state index contributed by atoms with van der Waals surface area (Å²) in [6.45, 7) is -1.23. The summed E-state index contributed by atoms with van der Waals surface area (Å²) in [6.07, 6.45) is -14.1. The van der Waals surface area contributed by atoms with Crippen molar-refractivity contribution < 1.29 is 54.7 Å². The Hall–Kier alpha value is -0.440. The van der Waals surface area contributed by atoms with Gasteiger partial charge in [0.2, 0.25) is 0 Å². The van der Waals surface area contributed by atoms with E-state index in [1.165, 1.54) is 7.11 Å². The van der Waals surface area contributed by atoms with Gasteiger partial charge in [0.1, 0.15) is 48.8 Å². The van der Waals surface area contributed by atoms with E-state index in [9.17, 15) is 35.7 Å². The average molecular weight is 356 g/mol. The highest BCUT2D eigenvalue weighted by Gasteiger charge is 2.50. The Kier molecular flexibility index (Phi) is 6.87. The van der Waals surface area contributed by atoms with Gasteiger partial charge in [-0.05, 0) is 0 Å². The number of hydrogen-bond acceptors (Lipinski definition) is 11. The molecule has 0 aromatic carbocycles. The largest absolute Gasteiger partial charge is 0.394 e. The van der Waals surface area contributed by atoms with Crippen LogP contribution in [0.3, 0.4) is 0 Å². The average Bonchev–Trinajstić information content (AvgIpc) is 2.57. The molecule has 0 amide bonds. The molecule has 2 aliphatic rings. The molecule has 0 spiro atoms. The molecule has 24 heavy (non-hydrogen) atoms. The zero-order chi connectivity index (χ0) is 18.0. The quantitative estimate of drug-likeness (QED) is 0.251. The Morgan fingerprint density at radius 2 is 1.38 bits per heavy atom. The molecule has 0 aromatic heterocycles. The van der Waals surface area contributed by atoms with Gasteiger partial charge in [0.25, 0.3) is 0 Å². The van der Waals surface area contributed by atoms with Gasteiger partial charge in [0.05, 0.1) is 13.2 Å². The number of aliphatic hydroxyl groups excluding tert-OH is 7. The summed E-state index contributed by atoms with van der Waals surface area (Å²) in [5.74, 6) is 0. The van der Waals surface area contributed by atoms with E-state index in [0.29, 0.717) is 0 Å². The predicted molar refractivity (Wildman–Crippen MR) is 73.4 cm³/mol. The lowest BCUT2D eigenvalue weighted by molar-refractivity contribution is -0.356. The highest BCUT2D eigenvalue weighted by molar-refractivity contribution is 4.94.